The van der Waals surface area contributed by atoms with Gasteiger partial charge >= 0.3 is 0 Å². The molecule has 6 nitrogen and oxygen atoms in total. The van der Waals surface area contributed by atoms with Gasteiger partial charge in [0.15, 0.2) is 0 Å². The number of carbonyl (C=O) groups is 1. The first-order valence-electron chi connectivity index (χ1n) is 7.54. The SMILES string of the molecule is Cc1c(C(=O)NC[C@H](C)N2C[C@@H](C)O[C@@H](C)C2)cnn1C. The summed E-state index contributed by atoms with van der Waals surface area (Å²) in [6.45, 7) is 10.7. The third kappa shape index (κ3) is 3.83. The Hall–Kier alpha value is -1.40. The molecule has 1 N–H and O–H groups in total. The maximum atomic E-state index is 12.2. The first kappa shape index (κ1) is 16.0. The molecule has 1 aliphatic rings. The normalized spacial score (nSPS) is 24.8. The van der Waals surface area contributed by atoms with Gasteiger partial charge in [0.05, 0.1) is 24.0 Å². The van der Waals surface area contributed by atoms with Crippen molar-refractivity contribution >= 4 is 5.91 Å². The van der Waals surface area contributed by atoms with Crippen LogP contribution in [0.2, 0.25) is 0 Å². The molecule has 1 aromatic rings. The predicted octanol–water partition coefficient (Wildman–Crippen LogP) is 0.956. The van der Waals surface area contributed by atoms with E-state index in [1.165, 1.54) is 0 Å². The summed E-state index contributed by atoms with van der Waals surface area (Å²) >= 11 is 0. The lowest BCUT2D eigenvalue weighted by atomic mass is 10.1. The van der Waals surface area contributed by atoms with Crippen LogP contribution in [0.1, 0.15) is 36.8 Å². The van der Waals surface area contributed by atoms with E-state index in [-0.39, 0.29) is 18.1 Å². The van der Waals surface area contributed by atoms with E-state index >= 15 is 0 Å². The van der Waals surface area contributed by atoms with Gasteiger partial charge in [-0.15, -0.1) is 0 Å². The molecule has 3 atom stereocenters. The van der Waals surface area contributed by atoms with Gasteiger partial charge in [0.1, 0.15) is 0 Å². The van der Waals surface area contributed by atoms with Gasteiger partial charge in [-0.3, -0.25) is 14.4 Å². The lowest BCUT2D eigenvalue weighted by Gasteiger charge is -2.38. The van der Waals surface area contributed by atoms with Crippen molar-refractivity contribution in [2.45, 2.75) is 45.9 Å². The standard InChI is InChI=1S/C15H26N4O2/c1-10(19-8-11(2)21-12(3)9-19)6-16-15(20)14-7-17-18(5)13(14)4/h7,10-12H,6,8-9H2,1-5H3,(H,16,20)/t10-,11-,12+/m0/s1. The van der Waals surface area contributed by atoms with Crippen molar-refractivity contribution < 1.29 is 9.53 Å². The number of hydrogen-bond donors (Lipinski definition) is 1. The molecule has 0 radical (unpaired) electrons. The number of nitrogens with zero attached hydrogens (tertiary/aromatic N) is 3. The smallest absolute Gasteiger partial charge is 0.254 e. The average molecular weight is 294 g/mol. The van der Waals surface area contributed by atoms with Crippen molar-refractivity contribution in [1.29, 1.82) is 0 Å². The highest BCUT2D eigenvalue weighted by Crippen LogP contribution is 2.13. The lowest BCUT2D eigenvalue weighted by molar-refractivity contribution is -0.0778. The third-order valence-corrected chi connectivity index (χ3v) is 4.11. The van der Waals surface area contributed by atoms with Gasteiger partial charge in [-0.25, -0.2) is 0 Å². The fourth-order valence-electron chi connectivity index (χ4n) is 2.76. The minimum Gasteiger partial charge on any atom is -0.373 e. The van der Waals surface area contributed by atoms with E-state index in [4.69, 9.17) is 4.74 Å². The molecule has 118 valence electrons. The first-order chi connectivity index (χ1) is 9.88. The molecule has 6 heteroatoms. The van der Waals surface area contributed by atoms with Crippen molar-refractivity contribution in [2.24, 2.45) is 7.05 Å². The number of aromatic nitrogens is 2. The quantitative estimate of drug-likeness (QED) is 0.898. The Balaban J connectivity index is 1.87. The molecule has 0 saturated carbocycles. The molecule has 1 fully saturated rings. The molecule has 1 aliphatic heterocycles. The molecule has 1 saturated heterocycles. The van der Waals surface area contributed by atoms with E-state index in [9.17, 15) is 4.79 Å². The molecule has 0 spiro atoms. The van der Waals surface area contributed by atoms with Crippen LogP contribution in [-0.2, 0) is 11.8 Å². The highest BCUT2D eigenvalue weighted by atomic mass is 16.5. The largest absolute Gasteiger partial charge is 0.373 e. The Kier molecular flexibility index (Phi) is 5.00. The van der Waals surface area contributed by atoms with Crippen LogP contribution < -0.4 is 5.32 Å². The Morgan fingerprint density at radius 1 is 1.48 bits per heavy atom. The molecular weight excluding hydrogens is 268 g/mol. The van der Waals surface area contributed by atoms with E-state index in [0.29, 0.717) is 18.2 Å². The van der Waals surface area contributed by atoms with Gasteiger partial charge in [-0.1, -0.05) is 0 Å². The monoisotopic (exact) mass is 294 g/mol. The van der Waals surface area contributed by atoms with Gasteiger partial charge in [-0.2, -0.15) is 5.10 Å². The Morgan fingerprint density at radius 2 is 2.10 bits per heavy atom. The Bertz CT molecular complexity index is 490. The fraction of sp³-hybridized carbons (Fsp3) is 0.733. The third-order valence-electron chi connectivity index (χ3n) is 4.11. The molecule has 2 heterocycles. The van der Waals surface area contributed by atoms with Crippen LogP contribution in [0.5, 0.6) is 0 Å². The number of aryl methyl sites for hydroxylation is 1. The number of carbonyl (C=O) groups excluding carboxylic acids is 1. The summed E-state index contributed by atoms with van der Waals surface area (Å²) < 4.78 is 7.45. The zero-order valence-electron chi connectivity index (χ0n) is 13.6. The number of morpholine rings is 1. The summed E-state index contributed by atoms with van der Waals surface area (Å²) in [7, 11) is 1.84. The molecule has 1 amide bonds. The number of hydrogen-bond acceptors (Lipinski definition) is 4. The summed E-state index contributed by atoms with van der Waals surface area (Å²) in [6.07, 6.45) is 2.11. The minimum absolute atomic E-state index is 0.0539. The molecule has 0 aromatic carbocycles. The average Bonchev–Trinajstić information content (AvgIpc) is 2.75. The maximum Gasteiger partial charge on any atom is 0.254 e. The van der Waals surface area contributed by atoms with Crippen molar-refractivity contribution in [1.82, 2.24) is 20.0 Å². The highest BCUT2D eigenvalue weighted by Gasteiger charge is 2.26. The molecule has 21 heavy (non-hydrogen) atoms. The van der Waals surface area contributed by atoms with Gasteiger partial charge in [-0.05, 0) is 27.7 Å². The van der Waals surface area contributed by atoms with Crippen LogP contribution in [0.15, 0.2) is 6.20 Å². The number of ether oxygens (including phenoxy) is 1. The highest BCUT2D eigenvalue weighted by molar-refractivity contribution is 5.95. The zero-order chi connectivity index (χ0) is 15.6. The summed E-state index contributed by atoms with van der Waals surface area (Å²) in [5.41, 5.74) is 1.53. The topological polar surface area (TPSA) is 59.4 Å². The summed E-state index contributed by atoms with van der Waals surface area (Å²) in [5.74, 6) is -0.0539. The van der Waals surface area contributed by atoms with E-state index < -0.39 is 0 Å². The van der Waals surface area contributed by atoms with Gasteiger partial charge in [0.2, 0.25) is 0 Å². The molecule has 0 bridgehead atoms. The van der Waals surface area contributed by atoms with Crippen molar-refractivity contribution in [3.05, 3.63) is 17.5 Å². The first-order valence-corrected chi connectivity index (χ1v) is 7.54. The number of rotatable bonds is 4. The molecule has 1 aromatic heterocycles. The second-order valence-electron chi connectivity index (χ2n) is 6.04. The molecule has 0 unspecified atom stereocenters. The van der Waals surface area contributed by atoms with E-state index in [1.54, 1.807) is 10.9 Å². The van der Waals surface area contributed by atoms with Gasteiger partial charge < -0.3 is 10.1 Å². The lowest BCUT2D eigenvalue weighted by Crippen LogP contribution is -2.52. The second-order valence-corrected chi connectivity index (χ2v) is 6.04. The molecule has 0 aliphatic carbocycles. The van der Waals surface area contributed by atoms with Crippen molar-refractivity contribution in [2.75, 3.05) is 19.6 Å². The number of amides is 1. The van der Waals surface area contributed by atoms with Crippen LogP contribution in [-0.4, -0.2) is 58.5 Å². The molecule has 2 rings (SSSR count). The summed E-state index contributed by atoms with van der Waals surface area (Å²) in [4.78, 5) is 14.6. The van der Waals surface area contributed by atoms with Crippen molar-refractivity contribution in [3.8, 4) is 0 Å². The van der Waals surface area contributed by atoms with Crippen LogP contribution in [0.4, 0.5) is 0 Å². The van der Waals surface area contributed by atoms with E-state index in [2.05, 4.69) is 36.1 Å². The Morgan fingerprint density at radius 3 is 2.62 bits per heavy atom. The van der Waals surface area contributed by atoms with Crippen LogP contribution in [0.25, 0.3) is 0 Å². The van der Waals surface area contributed by atoms with Crippen molar-refractivity contribution in [3.63, 3.8) is 0 Å². The zero-order valence-corrected chi connectivity index (χ0v) is 13.6. The van der Waals surface area contributed by atoms with Gasteiger partial charge in [0, 0.05) is 38.4 Å². The molecular formula is C15H26N4O2. The number of nitrogens with one attached hydrogen (secondary N) is 1. The van der Waals surface area contributed by atoms with E-state index in [1.807, 2.05) is 14.0 Å². The second kappa shape index (κ2) is 6.58. The Labute approximate surface area is 126 Å². The predicted molar refractivity (Wildman–Crippen MR) is 81.3 cm³/mol. The summed E-state index contributed by atoms with van der Waals surface area (Å²) in [6, 6.07) is 0.291. The van der Waals surface area contributed by atoms with Crippen LogP contribution in [0, 0.1) is 6.92 Å². The maximum absolute atomic E-state index is 12.2. The summed E-state index contributed by atoms with van der Waals surface area (Å²) in [5, 5.41) is 7.11. The van der Waals surface area contributed by atoms with Crippen LogP contribution in [0.3, 0.4) is 0 Å². The van der Waals surface area contributed by atoms with Gasteiger partial charge in [0.25, 0.3) is 5.91 Å². The minimum atomic E-state index is -0.0539. The van der Waals surface area contributed by atoms with E-state index in [0.717, 1.165) is 18.8 Å². The fourth-order valence-corrected chi connectivity index (χ4v) is 2.76. The van der Waals surface area contributed by atoms with Crippen LogP contribution >= 0.6 is 0 Å².